The topological polar surface area (TPSA) is 58.4 Å². The fourth-order valence-corrected chi connectivity index (χ4v) is 2.77. The van der Waals surface area contributed by atoms with Gasteiger partial charge in [-0.1, -0.05) is 26.0 Å². The molecule has 4 nitrogen and oxygen atoms in total. The number of carbonyl (C=O) groups is 1. The van der Waals surface area contributed by atoms with E-state index in [-0.39, 0.29) is 5.91 Å². The minimum atomic E-state index is 0.122. The van der Waals surface area contributed by atoms with Gasteiger partial charge in [0, 0.05) is 24.8 Å². The van der Waals surface area contributed by atoms with Gasteiger partial charge in [0.05, 0.1) is 6.54 Å². The van der Waals surface area contributed by atoms with Crippen molar-refractivity contribution in [2.45, 2.75) is 45.7 Å². The summed E-state index contributed by atoms with van der Waals surface area (Å²) in [6, 6.07) is 6.37. The van der Waals surface area contributed by atoms with Crippen LogP contribution in [0.3, 0.4) is 0 Å². The van der Waals surface area contributed by atoms with Gasteiger partial charge in [0.15, 0.2) is 0 Å². The predicted molar refractivity (Wildman–Crippen MR) is 82.3 cm³/mol. The van der Waals surface area contributed by atoms with Crippen molar-refractivity contribution >= 4 is 11.6 Å². The molecular formula is C16H25N3O. The first-order valence-corrected chi connectivity index (χ1v) is 7.52. The summed E-state index contributed by atoms with van der Waals surface area (Å²) in [5, 5.41) is 3.09. The second kappa shape index (κ2) is 6.75. The van der Waals surface area contributed by atoms with Crippen LogP contribution in [0, 0.1) is 0 Å². The summed E-state index contributed by atoms with van der Waals surface area (Å²) in [6.07, 6.45) is 2.94. The molecule has 2 rings (SSSR count). The molecule has 1 aromatic carbocycles. The van der Waals surface area contributed by atoms with E-state index in [0.29, 0.717) is 12.6 Å². The number of nitrogens with one attached hydrogen (secondary N) is 1. The lowest BCUT2D eigenvalue weighted by molar-refractivity contribution is -0.123. The van der Waals surface area contributed by atoms with Crippen LogP contribution in [0.5, 0.6) is 0 Å². The van der Waals surface area contributed by atoms with E-state index >= 15 is 0 Å². The van der Waals surface area contributed by atoms with Crippen molar-refractivity contribution < 1.29 is 4.79 Å². The lowest BCUT2D eigenvalue weighted by Crippen LogP contribution is -2.43. The first kappa shape index (κ1) is 14.9. The Labute approximate surface area is 121 Å². The molecule has 0 atom stereocenters. The van der Waals surface area contributed by atoms with Gasteiger partial charge < -0.3 is 11.1 Å². The Morgan fingerprint density at radius 1 is 1.40 bits per heavy atom. The van der Waals surface area contributed by atoms with Crippen molar-refractivity contribution in [2.24, 2.45) is 0 Å². The number of amides is 1. The Hall–Kier alpha value is -1.55. The molecule has 1 heterocycles. The van der Waals surface area contributed by atoms with Gasteiger partial charge in [-0.25, -0.2) is 0 Å². The fraction of sp³-hybridized carbons (Fsp3) is 0.562. The van der Waals surface area contributed by atoms with Gasteiger partial charge in [-0.05, 0) is 36.5 Å². The Balaban J connectivity index is 1.93. The van der Waals surface area contributed by atoms with Crippen molar-refractivity contribution in [1.29, 1.82) is 0 Å². The second-order valence-corrected chi connectivity index (χ2v) is 5.53. The number of nitrogens with two attached hydrogens (primary N) is 1. The Morgan fingerprint density at radius 3 is 2.85 bits per heavy atom. The third kappa shape index (κ3) is 3.51. The summed E-state index contributed by atoms with van der Waals surface area (Å²) in [4.78, 5) is 14.2. The molecule has 20 heavy (non-hydrogen) atoms. The molecule has 0 bridgehead atoms. The molecule has 0 fully saturated rings. The van der Waals surface area contributed by atoms with Crippen molar-refractivity contribution in [1.82, 2.24) is 10.2 Å². The average Bonchev–Trinajstić information content (AvgIpc) is 2.45. The number of nitrogens with zero attached hydrogens (tertiary/aromatic N) is 1. The number of carbonyl (C=O) groups excluding carboxylic acids is 1. The molecule has 1 amide bonds. The normalized spacial score (nSPS) is 15.2. The lowest BCUT2D eigenvalue weighted by atomic mass is 9.98. The maximum atomic E-state index is 12.1. The maximum Gasteiger partial charge on any atom is 0.234 e. The van der Waals surface area contributed by atoms with Gasteiger partial charge in [-0.15, -0.1) is 0 Å². The van der Waals surface area contributed by atoms with Crippen LogP contribution in [-0.4, -0.2) is 29.9 Å². The maximum absolute atomic E-state index is 12.1. The number of hydrogen-bond acceptors (Lipinski definition) is 3. The molecule has 0 aromatic heterocycles. The molecule has 0 saturated heterocycles. The molecule has 3 N–H and O–H groups in total. The summed E-state index contributed by atoms with van der Waals surface area (Å²) >= 11 is 0. The van der Waals surface area contributed by atoms with E-state index in [9.17, 15) is 4.79 Å². The largest absolute Gasteiger partial charge is 0.398 e. The van der Waals surface area contributed by atoms with Gasteiger partial charge in [-0.2, -0.15) is 0 Å². The summed E-state index contributed by atoms with van der Waals surface area (Å²) in [5.74, 6) is 0.122. The molecule has 4 heteroatoms. The highest BCUT2D eigenvalue weighted by atomic mass is 16.2. The quantitative estimate of drug-likeness (QED) is 0.807. The molecule has 0 unspecified atom stereocenters. The molecule has 0 saturated carbocycles. The number of nitrogen functional groups attached to an aromatic ring is 1. The molecular weight excluding hydrogens is 250 g/mol. The molecule has 0 aliphatic carbocycles. The summed E-state index contributed by atoms with van der Waals surface area (Å²) in [6.45, 7) is 6.37. The summed E-state index contributed by atoms with van der Waals surface area (Å²) < 4.78 is 0. The third-order valence-corrected chi connectivity index (χ3v) is 4.11. The number of anilines is 1. The Morgan fingerprint density at radius 2 is 2.15 bits per heavy atom. The monoisotopic (exact) mass is 275 g/mol. The van der Waals surface area contributed by atoms with E-state index in [2.05, 4.69) is 30.1 Å². The van der Waals surface area contributed by atoms with Gasteiger partial charge in [0.1, 0.15) is 0 Å². The van der Waals surface area contributed by atoms with Crippen molar-refractivity contribution in [2.75, 3.05) is 18.8 Å². The van der Waals surface area contributed by atoms with Crippen LogP contribution in [0.1, 0.15) is 37.8 Å². The summed E-state index contributed by atoms with van der Waals surface area (Å²) in [7, 11) is 0. The van der Waals surface area contributed by atoms with E-state index in [4.69, 9.17) is 5.73 Å². The predicted octanol–water partition coefficient (Wildman–Crippen LogP) is 1.93. The van der Waals surface area contributed by atoms with Gasteiger partial charge in [0.25, 0.3) is 0 Å². The average molecular weight is 275 g/mol. The third-order valence-electron chi connectivity index (χ3n) is 4.11. The Kier molecular flexibility index (Phi) is 5.01. The van der Waals surface area contributed by atoms with Gasteiger partial charge in [0.2, 0.25) is 5.91 Å². The second-order valence-electron chi connectivity index (χ2n) is 5.53. The van der Waals surface area contributed by atoms with E-state index in [1.165, 1.54) is 11.1 Å². The highest BCUT2D eigenvalue weighted by molar-refractivity contribution is 5.78. The smallest absolute Gasteiger partial charge is 0.234 e. The SMILES string of the molecule is CCC(CC)NC(=O)CN1CCc2cccc(N)c2C1. The first-order valence-electron chi connectivity index (χ1n) is 7.52. The lowest BCUT2D eigenvalue weighted by Gasteiger charge is -2.29. The van der Waals surface area contributed by atoms with Gasteiger partial charge in [-0.3, -0.25) is 9.69 Å². The van der Waals surface area contributed by atoms with Gasteiger partial charge >= 0.3 is 0 Å². The van der Waals surface area contributed by atoms with E-state index < -0.39 is 0 Å². The Bertz CT molecular complexity index is 469. The fourth-order valence-electron chi connectivity index (χ4n) is 2.77. The van der Waals surface area contributed by atoms with Crippen LogP contribution < -0.4 is 11.1 Å². The summed E-state index contributed by atoms with van der Waals surface area (Å²) in [5.41, 5.74) is 9.38. The molecule has 1 aliphatic rings. The van der Waals surface area contributed by atoms with Crippen LogP contribution in [0.4, 0.5) is 5.69 Å². The number of fused-ring (bicyclic) bond motifs is 1. The number of rotatable bonds is 5. The zero-order valence-electron chi connectivity index (χ0n) is 12.5. The highest BCUT2D eigenvalue weighted by Gasteiger charge is 2.20. The van der Waals surface area contributed by atoms with E-state index in [0.717, 1.165) is 38.0 Å². The zero-order chi connectivity index (χ0) is 14.5. The van der Waals surface area contributed by atoms with Crippen LogP contribution in [0.2, 0.25) is 0 Å². The van der Waals surface area contributed by atoms with E-state index in [1.54, 1.807) is 0 Å². The van der Waals surface area contributed by atoms with Crippen LogP contribution in [-0.2, 0) is 17.8 Å². The molecule has 1 aliphatic heterocycles. The zero-order valence-corrected chi connectivity index (χ0v) is 12.5. The first-order chi connectivity index (χ1) is 9.63. The van der Waals surface area contributed by atoms with Crippen molar-refractivity contribution in [3.63, 3.8) is 0 Å². The van der Waals surface area contributed by atoms with Crippen molar-refractivity contribution in [3.8, 4) is 0 Å². The standard InChI is InChI=1S/C16H25N3O/c1-3-13(4-2)18-16(20)11-19-9-8-12-6-5-7-15(17)14(12)10-19/h5-7,13H,3-4,8-11,17H2,1-2H3,(H,18,20). The molecule has 1 aromatic rings. The van der Waals surface area contributed by atoms with Crippen molar-refractivity contribution in [3.05, 3.63) is 29.3 Å². The minimum Gasteiger partial charge on any atom is -0.398 e. The molecule has 110 valence electrons. The number of hydrogen-bond donors (Lipinski definition) is 2. The highest BCUT2D eigenvalue weighted by Crippen LogP contribution is 2.23. The number of benzene rings is 1. The van der Waals surface area contributed by atoms with Crippen LogP contribution >= 0.6 is 0 Å². The van der Waals surface area contributed by atoms with Crippen LogP contribution in [0.25, 0.3) is 0 Å². The minimum absolute atomic E-state index is 0.122. The molecule has 0 radical (unpaired) electrons. The molecule has 0 spiro atoms. The van der Waals surface area contributed by atoms with Crippen LogP contribution in [0.15, 0.2) is 18.2 Å². The van der Waals surface area contributed by atoms with E-state index in [1.807, 2.05) is 12.1 Å².